The van der Waals surface area contributed by atoms with Crippen molar-refractivity contribution in [3.63, 3.8) is 0 Å². The number of hydrogen-bond acceptors (Lipinski definition) is 3. The van der Waals surface area contributed by atoms with Crippen LogP contribution in [0.3, 0.4) is 0 Å². The van der Waals surface area contributed by atoms with Crippen LogP contribution >= 0.6 is 0 Å². The van der Waals surface area contributed by atoms with Crippen LogP contribution in [0.25, 0.3) is 6.08 Å². The van der Waals surface area contributed by atoms with Crippen molar-refractivity contribution in [1.82, 2.24) is 4.98 Å². The van der Waals surface area contributed by atoms with Gasteiger partial charge in [-0.05, 0) is 48.4 Å². The van der Waals surface area contributed by atoms with E-state index in [2.05, 4.69) is 26.9 Å². The second-order valence-corrected chi connectivity index (χ2v) is 5.78. The summed E-state index contributed by atoms with van der Waals surface area (Å²) in [5.74, 6) is 5.52. The van der Waals surface area contributed by atoms with E-state index >= 15 is 0 Å². The van der Waals surface area contributed by atoms with Crippen LogP contribution in [0.2, 0.25) is 0 Å². The van der Waals surface area contributed by atoms with E-state index in [4.69, 9.17) is 0 Å². The third-order valence-electron chi connectivity index (χ3n) is 3.68. The van der Waals surface area contributed by atoms with Gasteiger partial charge in [-0.2, -0.15) is 8.78 Å². The van der Waals surface area contributed by atoms with Crippen LogP contribution in [0.1, 0.15) is 16.8 Å². The summed E-state index contributed by atoms with van der Waals surface area (Å²) < 4.78 is 29.3. The Bertz CT molecular complexity index is 1070. The summed E-state index contributed by atoms with van der Waals surface area (Å²) in [6, 6.07) is 18.7. The molecule has 1 aromatic heterocycles. The summed E-state index contributed by atoms with van der Waals surface area (Å²) >= 11 is 0. The minimum atomic E-state index is -2.94. The van der Waals surface area contributed by atoms with Gasteiger partial charge in [-0.25, -0.2) is 4.98 Å². The van der Waals surface area contributed by atoms with Crippen molar-refractivity contribution < 1.29 is 18.3 Å². The van der Waals surface area contributed by atoms with Crippen molar-refractivity contribution in [1.29, 1.82) is 0 Å². The standard InChI is InChI=1S/C23H16F2N2O2/c24-23(25)29-21-10-2-1-7-18(21)12-14-22(28)27-20-9-5-6-17(16-20)11-13-19-8-3-4-15-26-19/h1-10,12,14-16,23H,(H,27,28)/b14-12+. The fourth-order valence-electron chi connectivity index (χ4n) is 2.42. The van der Waals surface area contributed by atoms with Crippen LogP contribution in [-0.4, -0.2) is 17.5 Å². The van der Waals surface area contributed by atoms with Gasteiger partial charge >= 0.3 is 6.61 Å². The number of carbonyl (C=O) groups is 1. The molecule has 1 heterocycles. The van der Waals surface area contributed by atoms with Crippen LogP contribution < -0.4 is 10.1 Å². The van der Waals surface area contributed by atoms with Crippen molar-refractivity contribution in [2.75, 3.05) is 5.32 Å². The summed E-state index contributed by atoms with van der Waals surface area (Å²) in [5.41, 5.74) is 2.30. The Morgan fingerprint density at radius 1 is 1.03 bits per heavy atom. The SMILES string of the molecule is O=C(/C=C/c1ccccc1OC(F)F)Nc1cccc(C#Cc2ccccn2)c1. The molecular weight excluding hydrogens is 374 g/mol. The van der Waals surface area contributed by atoms with Gasteiger partial charge < -0.3 is 10.1 Å². The van der Waals surface area contributed by atoms with E-state index in [0.29, 0.717) is 22.5 Å². The number of carbonyl (C=O) groups excluding carboxylic acids is 1. The molecule has 0 aliphatic heterocycles. The van der Waals surface area contributed by atoms with Crippen molar-refractivity contribution in [3.8, 4) is 17.6 Å². The second kappa shape index (κ2) is 9.81. The molecule has 0 aliphatic carbocycles. The molecule has 29 heavy (non-hydrogen) atoms. The number of nitrogens with zero attached hydrogens (tertiary/aromatic N) is 1. The molecule has 0 fully saturated rings. The molecule has 0 unspecified atom stereocenters. The number of para-hydroxylation sites is 1. The molecule has 0 atom stereocenters. The predicted molar refractivity (Wildman–Crippen MR) is 107 cm³/mol. The number of rotatable bonds is 5. The number of hydrogen-bond donors (Lipinski definition) is 1. The van der Waals surface area contributed by atoms with Crippen molar-refractivity contribution >= 4 is 17.7 Å². The molecule has 6 heteroatoms. The number of ether oxygens (including phenoxy) is 1. The average Bonchev–Trinajstić information content (AvgIpc) is 2.72. The molecule has 0 bridgehead atoms. The van der Waals surface area contributed by atoms with Crippen LogP contribution in [-0.2, 0) is 4.79 Å². The molecule has 1 amide bonds. The Morgan fingerprint density at radius 2 is 1.86 bits per heavy atom. The fourth-order valence-corrected chi connectivity index (χ4v) is 2.42. The van der Waals surface area contributed by atoms with E-state index in [1.807, 2.05) is 18.2 Å². The van der Waals surface area contributed by atoms with Crippen LogP contribution in [0.4, 0.5) is 14.5 Å². The molecule has 3 aromatic rings. The number of alkyl halides is 2. The van der Waals surface area contributed by atoms with Gasteiger partial charge in [0.2, 0.25) is 5.91 Å². The maximum absolute atomic E-state index is 12.5. The molecule has 0 spiro atoms. The molecule has 4 nitrogen and oxygen atoms in total. The van der Waals surface area contributed by atoms with E-state index < -0.39 is 12.5 Å². The first-order valence-electron chi connectivity index (χ1n) is 8.66. The summed E-state index contributed by atoms with van der Waals surface area (Å²) in [7, 11) is 0. The third kappa shape index (κ3) is 6.29. The zero-order valence-corrected chi connectivity index (χ0v) is 15.2. The van der Waals surface area contributed by atoms with Gasteiger partial charge in [0.25, 0.3) is 0 Å². The van der Waals surface area contributed by atoms with Gasteiger partial charge in [0.15, 0.2) is 0 Å². The molecule has 2 aromatic carbocycles. The topological polar surface area (TPSA) is 51.2 Å². The molecule has 144 valence electrons. The molecule has 3 rings (SSSR count). The van der Waals surface area contributed by atoms with Crippen LogP contribution in [0.15, 0.2) is 79.0 Å². The Labute approximate surface area is 166 Å². The molecule has 0 saturated carbocycles. The zero-order chi connectivity index (χ0) is 20.5. The monoisotopic (exact) mass is 390 g/mol. The highest BCUT2D eigenvalue weighted by molar-refractivity contribution is 6.02. The summed E-state index contributed by atoms with van der Waals surface area (Å²) in [4.78, 5) is 16.3. The number of anilines is 1. The summed E-state index contributed by atoms with van der Waals surface area (Å²) in [5, 5.41) is 2.71. The molecule has 0 aliphatic rings. The van der Waals surface area contributed by atoms with Crippen LogP contribution in [0.5, 0.6) is 5.75 Å². The first-order chi connectivity index (χ1) is 14.1. The minimum Gasteiger partial charge on any atom is -0.434 e. The second-order valence-electron chi connectivity index (χ2n) is 5.78. The van der Waals surface area contributed by atoms with E-state index in [-0.39, 0.29) is 5.75 Å². The molecular formula is C23H16F2N2O2. The van der Waals surface area contributed by atoms with Gasteiger partial charge in [0.05, 0.1) is 0 Å². The number of halogens is 2. The fraction of sp³-hybridized carbons (Fsp3) is 0.0435. The number of pyridine rings is 1. The minimum absolute atomic E-state index is 0.00153. The van der Waals surface area contributed by atoms with E-state index in [1.165, 1.54) is 18.2 Å². The van der Waals surface area contributed by atoms with Crippen molar-refractivity contribution in [2.45, 2.75) is 6.61 Å². The quantitative estimate of drug-likeness (QED) is 0.506. The number of benzene rings is 2. The first-order valence-corrected chi connectivity index (χ1v) is 8.66. The Hall–Kier alpha value is -3.98. The molecule has 0 saturated heterocycles. The highest BCUT2D eigenvalue weighted by Gasteiger charge is 2.07. The van der Waals surface area contributed by atoms with E-state index in [1.54, 1.807) is 48.7 Å². The number of aromatic nitrogens is 1. The lowest BCUT2D eigenvalue weighted by molar-refractivity contribution is -0.111. The maximum Gasteiger partial charge on any atom is 0.387 e. The van der Waals surface area contributed by atoms with Gasteiger partial charge in [-0.1, -0.05) is 36.3 Å². The van der Waals surface area contributed by atoms with Crippen molar-refractivity contribution in [3.05, 3.63) is 95.8 Å². The van der Waals surface area contributed by atoms with E-state index in [9.17, 15) is 13.6 Å². The highest BCUT2D eigenvalue weighted by Crippen LogP contribution is 2.21. The third-order valence-corrected chi connectivity index (χ3v) is 3.68. The maximum atomic E-state index is 12.5. The number of nitrogens with one attached hydrogen (secondary N) is 1. The number of amides is 1. The summed E-state index contributed by atoms with van der Waals surface area (Å²) in [6.45, 7) is -2.94. The van der Waals surface area contributed by atoms with Crippen LogP contribution in [0, 0.1) is 11.8 Å². The lowest BCUT2D eigenvalue weighted by atomic mass is 10.1. The normalized spacial score (nSPS) is 10.4. The zero-order valence-electron chi connectivity index (χ0n) is 15.2. The largest absolute Gasteiger partial charge is 0.434 e. The highest BCUT2D eigenvalue weighted by atomic mass is 19.3. The lowest BCUT2D eigenvalue weighted by Gasteiger charge is -2.07. The Morgan fingerprint density at radius 3 is 2.66 bits per heavy atom. The Kier molecular flexibility index (Phi) is 6.69. The lowest BCUT2D eigenvalue weighted by Crippen LogP contribution is -2.08. The Balaban J connectivity index is 1.67. The smallest absolute Gasteiger partial charge is 0.387 e. The van der Waals surface area contributed by atoms with Gasteiger partial charge in [0, 0.05) is 29.1 Å². The average molecular weight is 390 g/mol. The summed E-state index contributed by atoms with van der Waals surface area (Å²) in [6.07, 6.45) is 4.33. The predicted octanol–water partition coefficient (Wildman–Crippen LogP) is 4.73. The van der Waals surface area contributed by atoms with Crippen molar-refractivity contribution in [2.24, 2.45) is 0 Å². The van der Waals surface area contributed by atoms with Gasteiger partial charge in [-0.15, -0.1) is 0 Å². The van der Waals surface area contributed by atoms with Gasteiger partial charge in [0.1, 0.15) is 11.4 Å². The first kappa shape index (κ1) is 19.8. The van der Waals surface area contributed by atoms with Gasteiger partial charge in [-0.3, -0.25) is 4.79 Å². The van der Waals surface area contributed by atoms with E-state index in [0.717, 1.165) is 0 Å². The molecule has 1 N–H and O–H groups in total. The molecule has 0 radical (unpaired) electrons.